The highest BCUT2D eigenvalue weighted by Crippen LogP contribution is 2.24. The van der Waals surface area contributed by atoms with E-state index in [4.69, 9.17) is 0 Å². The Hall–Kier alpha value is -3.80. The van der Waals surface area contributed by atoms with Crippen molar-refractivity contribution in [2.24, 2.45) is 11.8 Å². The molecule has 0 aliphatic rings. The Morgan fingerprint density at radius 1 is 0.647 bits per heavy atom. The fourth-order valence-corrected chi connectivity index (χ4v) is 3.77. The van der Waals surface area contributed by atoms with E-state index in [2.05, 4.69) is 38.3 Å². The van der Waals surface area contributed by atoms with Crippen molar-refractivity contribution in [1.29, 1.82) is 0 Å². The molecule has 0 aliphatic heterocycles. The average molecular weight is 461 g/mol. The van der Waals surface area contributed by atoms with Crippen LogP contribution in [0.15, 0.2) is 60.7 Å². The van der Waals surface area contributed by atoms with E-state index < -0.39 is 11.8 Å². The number of hydrogen-bond acceptors (Lipinski definition) is 4. The van der Waals surface area contributed by atoms with Gasteiger partial charge in [0.05, 0.1) is 11.1 Å². The molecule has 3 aromatic carbocycles. The largest absolute Gasteiger partial charge is 0.507 e. The molecular formula is C28H32N2O4. The van der Waals surface area contributed by atoms with Crippen molar-refractivity contribution >= 4 is 23.2 Å². The average Bonchev–Trinajstić information content (AvgIpc) is 2.74. The highest BCUT2D eigenvalue weighted by Gasteiger charge is 2.14. The third kappa shape index (κ3) is 6.61. The first-order valence-corrected chi connectivity index (χ1v) is 11.5. The van der Waals surface area contributed by atoms with Crippen LogP contribution in [0.1, 0.15) is 59.5 Å². The Kier molecular flexibility index (Phi) is 7.95. The summed E-state index contributed by atoms with van der Waals surface area (Å²) in [4.78, 5) is 25.2. The van der Waals surface area contributed by atoms with E-state index in [1.54, 1.807) is 48.5 Å². The van der Waals surface area contributed by atoms with Gasteiger partial charge in [0.2, 0.25) is 0 Å². The molecule has 0 bridgehead atoms. The molecule has 3 rings (SSSR count). The predicted molar refractivity (Wildman–Crippen MR) is 136 cm³/mol. The number of nitrogens with one attached hydrogen (secondary N) is 2. The van der Waals surface area contributed by atoms with Gasteiger partial charge in [0, 0.05) is 11.4 Å². The standard InChI is InChI=1S/C28H32N2O4/c1-17(2)13-19-5-11-23(25(31)15-19)27(33)29-21-7-9-22(10-8-21)30-28(34)24-12-6-20(14-18(3)4)16-26(24)32/h5-12,15-18,31-32H,13-14H2,1-4H3,(H,29,33)(H,30,34). The lowest BCUT2D eigenvalue weighted by molar-refractivity contribution is 0.101. The van der Waals surface area contributed by atoms with E-state index in [1.807, 2.05) is 12.1 Å². The molecule has 6 heteroatoms. The Bertz CT molecular complexity index is 1080. The molecule has 34 heavy (non-hydrogen) atoms. The number of benzene rings is 3. The van der Waals surface area contributed by atoms with E-state index >= 15 is 0 Å². The summed E-state index contributed by atoms with van der Waals surface area (Å²) in [5.41, 5.74) is 3.39. The van der Waals surface area contributed by atoms with E-state index in [1.165, 1.54) is 0 Å². The summed E-state index contributed by atoms with van der Waals surface area (Å²) in [5, 5.41) is 26.0. The molecule has 0 spiro atoms. The van der Waals surface area contributed by atoms with Crippen LogP contribution >= 0.6 is 0 Å². The van der Waals surface area contributed by atoms with Crippen LogP contribution in [-0.4, -0.2) is 22.0 Å². The fourth-order valence-electron chi connectivity index (χ4n) is 3.77. The van der Waals surface area contributed by atoms with Crippen LogP contribution in [0.5, 0.6) is 11.5 Å². The first kappa shape index (κ1) is 24.8. The minimum Gasteiger partial charge on any atom is -0.507 e. The van der Waals surface area contributed by atoms with Crippen LogP contribution in [0.3, 0.4) is 0 Å². The van der Waals surface area contributed by atoms with Gasteiger partial charge < -0.3 is 20.8 Å². The number of phenolic OH excluding ortho intramolecular Hbond substituents is 2. The maximum Gasteiger partial charge on any atom is 0.259 e. The van der Waals surface area contributed by atoms with Gasteiger partial charge in [-0.2, -0.15) is 0 Å². The molecule has 0 unspecified atom stereocenters. The number of carbonyl (C=O) groups excluding carboxylic acids is 2. The van der Waals surface area contributed by atoms with Gasteiger partial charge in [-0.1, -0.05) is 39.8 Å². The van der Waals surface area contributed by atoms with Crippen LogP contribution in [-0.2, 0) is 12.8 Å². The number of amides is 2. The highest BCUT2D eigenvalue weighted by atomic mass is 16.3. The second-order valence-corrected chi connectivity index (χ2v) is 9.38. The van der Waals surface area contributed by atoms with E-state index in [0.717, 1.165) is 24.0 Å². The van der Waals surface area contributed by atoms with Gasteiger partial charge >= 0.3 is 0 Å². The number of phenols is 2. The molecule has 0 saturated heterocycles. The van der Waals surface area contributed by atoms with Crippen molar-refractivity contribution in [1.82, 2.24) is 0 Å². The van der Waals surface area contributed by atoms with Crippen molar-refractivity contribution < 1.29 is 19.8 Å². The fraction of sp³-hybridized carbons (Fsp3) is 0.286. The van der Waals surface area contributed by atoms with Crippen molar-refractivity contribution in [2.45, 2.75) is 40.5 Å². The second-order valence-electron chi connectivity index (χ2n) is 9.38. The first-order valence-electron chi connectivity index (χ1n) is 11.5. The van der Waals surface area contributed by atoms with Crippen LogP contribution in [0.2, 0.25) is 0 Å². The lowest BCUT2D eigenvalue weighted by atomic mass is 10.0. The molecule has 3 aromatic rings. The van der Waals surface area contributed by atoms with Crippen molar-refractivity contribution in [2.75, 3.05) is 10.6 Å². The minimum atomic E-state index is -0.420. The molecule has 0 aliphatic carbocycles. The minimum absolute atomic E-state index is 0.0567. The van der Waals surface area contributed by atoms with Crippen molar-refractivity contribution in [3.63, 3.8) is 0 Å². The third-order valence-corrected chi connectivity index (χ3v) is 5.30. The summed E-state index contributed by atoms with van der Waals surface area (Å²) in [6.45, 7) is 8.37. The number of aromatic hydroxyl groups is 2. The molecule has 0 fully saturated rings. The first-order chi connectivity index (χ1) is 16.1. The molecule has 0 radical (unpaired) electrons. The maximum atomic E-state index is 12.6. The molecule has 2 amide bonds. The molecule has 0 atom stereocenters. The Morgan fingerprint density at radius 3 is 1.29 bits per heavy atom. The third-order valence-electron chi connectivity index (χ3n) is 5.30. The van der Waals surface area contributed by atoms with Gasteiger partial charge in [0.1, 0.15) is 11.5 Å². The van der Waals surface area contributed by atoms with Gasteiger partial charge in [0.15, 0.2) is 0 Å². The maximum absolute atomic E-state index is 12.6. The Morgan fingerprint density at radius 2 is 1.00 bits per heavy atom. The van der Waals surface area contributed by atoms with Gasteiger partial charge in [-0.25, -0.2) is 0 Å². The van der Waals surface area contributed by atoms with Gasteiger partial charge in [-0.3, -0.25) is 9.59 Å². The monoisotopic (exact) mass is 460 g/mol. The summed E-state index contributed by atoms with van der Waals surface area (Å²) in [6.07, 6.45) is 1.64. The van der Waals surface area contributed by atoms with Crippen molar-refractivity contribution in [3.8, 4) is 11.5 Å². The van der Waals surface area contributed by atoms with Crippen molar-refractivity contribution in [3.05, 3.63) is 82.9 Å². The van der Waals surface area contributed by atoms with E-state index in [9.17, 15) is 19.8 Å². The molecule has 6 nitrogen and oxygen atoms in total. The Balaban J connectivity index is 1.63. The molecular weight excluding hydrogens is 428 g/mol. The molecule has 4 N–H and O–H groups in total. The molecule has 0 aromatic heterocycles. The number of hydrogen-bond donors (Lipinski definition) is 4. The van der Waals surface area contributed by atoms with E-state index in [-0.39, 0.29) is 22.6 Å². The van der Waals surface area contributed by atoms with Gasteiger partial charge in [0.25, 0.3) is 11.8 Å². The molecule has 178 valence electrons. The summed E-state index contributed by atoms with van der Waals surface area (Å²) in [6, 6.07) is 16.8. The quantitative estimate of drug-likeness (QED) is 0.331. The number of carbonyl (C=O) groups is 2. The summed E-state index contributed by atoms with van der Waals surface area (Å²) >= 11 is 0. The van der Waals surface area contributed by atoms with E-state index in [0.29, 0.717) is 23.2 Å². The summed E-state index contributed by atoms with van der Waals surface area (Å²) < 4.78 is 0. The number of anilines is 2. The van der Waals surface area contributed by atoms with Crippen LogP contribution in [0.25, 0.3) is 0 Å². The smallest absolute Gasteiger partial charge is 0.259 e. The predicted octanol–water partition coefficient (Wildman–Crippen LogP) is 6.00. The normalized spacial score (nSPS) is 11.0. The van der Waals surface area contributed by atoms with Gasteiger partial charge in [-0.15, -0.1) is 0 Å². The summed E-state index contributed by atoms with van der Waals surface area (Å²) in [7, 11) is 0. The SMILES string of the molecule is CC(C)Cc1ccc(C(=O)Nc2ccc(NC(=O)c3ccc(CC(C)C)cc3O)cc2)c(O)c1. The van der Waals surface area contributed by atoms with Crippen LogP contribution < -0.4 is 10.6 Å². The lowest BCUT2D eigenvalue weighted by Crippen LogP contribution is -2.14. The second kappa shape index (κ2) is 10.9. The zero-order chi connectivity index (χ0) is 24.8. The van der Waals surface area contributed by atoms with Crippen LogP contribution in [0.4, 0.5) is 11.4 Å². The number of rotatable bonds is 8. The highest BCUT2D eigenvalue weighted by molar-refractivity contribution is 6.07. The topological polar surface area (TPSA) is 98.7 Å². The molecule has 0 heterocycles. The molecule has 0 saturated carbocycles. The Labute approximate surface area is 200 Å². The lowest BCUT2D eigenvalue weighted by Gasteiger charge is -2.11. The zero-order valence-corrected chi connectivity index (χ0v) is 20.1. The zero-order valence-electron chi connectivity index (χ0n) is 20.1. The summed E-state index contributed by atoms with van der Waals surface area (Å²) in [5.74, 6) is -0.0522. The van der Waals surface area contributed by atoms with Gasteiger partial charge in [-0.05, 0) is 84.3 Å². The van der Waals surface area contributed by atoms with Crippen LogP contribution in [0, 0.1) is 11.8 Å².